The second kappa shape index (κ2) is 6.15. The van der Waals surface area contributed by atoms with Gasteiger partial charge in [-0.3, -0.25) is 0 Å². The van der Waals surface area contributed by atoms with Crippen molar-refractivity contribution in [1.29, 1.82) is 0 Å². The van der Waals surface area contributed by atoms with Crippen molar-refractivity contribution in [2.24, 2.45) is 0 Å². The van der Waals surface area contributed by atoms with Crippen LogP contribution in [-0.4, -0.2) is 5.88 Å². The second-order valence-electron chi connectivity index (χ2n) is 0.909. The van der Waals surface area contributed by atoms with Crippen molar-refractivity contribution in [2.45, 2.75) is 0 Å². The van der Waals surface area contributed by atoms with Crippen LogP contribution in [0.5, 0.6) is 0 Å². The Kier molecular flexibility index (Phi) is 5.50. The van der Waals surface area contributed by atoms with E-state index < -0.39 is 0 Å². The highest BCUT2D eigenvalue weighted by molar-refractivity contribution is 6.19. The van der Waals surface area contributed by atoms with Crippen LogP contribution in [0.4, 0.5) is 0 Å². The average molecular weight is 125 g/mol. The standard InChI is InChI=1S/C7H5Cl/c1-2-3-4-5-6-7-8/h2H,1,7H2. The van der Waals surface area contributed by atoms with E-state index >= 15 is 0 Å². The summed E-state index contributed by atoms with van der Waals surface area (Å²) in [7, 11) is 0. The Morgan fingerprint density at radius 1 is 1.50 bits per heavy atom. The van der Waals surface area contributed by atoms with E-state index in [2.05, 4.69) is 30.3 Å². The molecule has 1 heteroatoms. The first-order chi connectivity index (χ1) is 3.91. The van der Waals surface area contributed by atoms with Gasteiger partial charge in [0.2, 0.25) is 0 Å². The number of hydrogen-bond donors (Lipinski definition) is 0. The quantitative estimate of drug-likeness (QED) is 0.339. The number of halogens is 1. The lowest BCUT2D eigenvalue weighted by molar-refractivity contribution is 1.92. The first kappa shape index (κ1) is 7.15. The minimum atomic E-state index is 0.339. The van der Waals surface area contributed by atoms with Crippen LogP contribution in [0.3, 0.4) is 0 Å². The number of allylic oxidation sites excluding steroid dienone is 1. The second-order valence-corrected chi connectivity index (χ2v) is 1.18. The summed E-state index contributed by atoms with van der Waals surface area (Å²) in [6.45, 7) is 3.38. The first-order valence-corrected chi connectivity index (χ1v) is 2.60. The highest BCUT2D eigenvalue weighted by Gasteiger charge is 1.56. The number of rotatable bonds is 0. The van der Waals surface area contributed by atoms with E-state index in [-0.39, 0.29) is 0 Å². The van der Waals surface area contributed by atoms with Gasteiger partial charge in [0.25, 0.3) is 0 Å². The van der Waals surface area contributed by atoms with Crippen LogP contribution in [0.15, 0.2) is 12.7 Å². The molecule has 0 heterocycles. The zero-order valence-corrected chi connectivity index (χ0v) is 5.13. The molecule has 0 N–H and O–H groups in total. The maximum atomic E-state index is 5.21. The molecule has 0 spiro atoms. The molecule has 0 amide bonds. The van der Waals surface area contributed by atoms with Crippen molar-refractivity contribution in [2.75, 3.05) is 5.88 Å². The maximum absolute atomic E-state index is 5.21. The summed E-state index contributed by atoms with van der Waals surface area (Å²) in [5.41, 5.74) is 0. The molecule has 0 radical (unpaired) electrons. The van der Waals surface area contributed by atoms with E-state index in [1.807, 2.05) is 0 Å². The minimum absolute atomic E-state index is 0.339. The van der Waals surface area contributed by atoms with Gasteiger partial charge in [0.15, 0.2) is 0 Å². The third-order valence-corrected chi connectivity index (χ3v) is 0.526. The van der Waals surface area contributed by atoms with Crippen molar-refractivity contribution in [3.8, 4) is 23.7 Å². The normalized spacial score (nSPS) is 5.12. The average Bonchev–Trinajstić information content (AvgIpc) is 1.81. The molecule has 8 heavy (non-hydrogen) atoms. The summed E-state index contributed by atoms with van der Waals surface area (Å²) in [5, 5.41) is 0. The molecule has 0 aliphatic heterocycles. The molecule has 0 saturated carbocycles. The van der Waals surface area contributed by atoms with Gasteiger partial charge >= 0.3 is 0 Å². The van der Waals surface area contributed by atoms with E-state index in [0.717, 1.165) is 0 Å². The Hall–Kier alpha value is -0.850. The van der Waals surface area contributed by atoms with Crippen molar-refractivity contribution >= 4 is 11.6 Å². The fourth-order valence-corrected chi connectivity index (χ4v) is 0.232. The third-order valence-electron chi connectivity index (χ3n) is 0.392. The topological polar surface area (TPSA) is 0 Å². The SMILES string of the molecule is C=CC#CC#CCCl. The molecule has 0 rings (SSSR count). The van der Waals surface area contributed by atoms with Gasteiger partial charge < -0.3 is 0 Å². The monoisotopic (exact) mass is 124 g/mol. The van der Waals surface area contributed by atoms with Gasteiger partial charge in [-0.15, -0.1) is 11.6 Å². The zero-order valence-electron chi connectivity index (χ0n) is 4.37. The Morgan fingerprint density at radius 2 is 2.25 bits per heavy atom. The van der Waals surface area contributed by atoms with Gasteiger partial charge in [-0.2, -0.15) is 0 Å². The molecule has 0 aromatic carbocycles. The molecule has 40 valence electrons. The predicted molar refractivity (Wildman–Crippen MR) is 36.5 cm³/mol. The summed E-state index contributed by atoms with van der Waals surface area (Å²) in [6.07, 6.45) is 1.49. The van der Waals surface area contributed by atoms with E-state index in [0.29, 0.717) is 5.88 Å². The molecule has 0 fully saturated rings. The molecule has 0 unspecified atom stereocenters. The lowest BCUT2D eigenvalue weighted by Crippen LogP contribution is -1.56. The number of alkyl halides is 1. The first-order valence-electron chi connectivity index (χ1n) is 2.07. The molecular weight excluding hydrogens is 120 g/mol. The Labute approximate surface area is 54.5 Å². The molecule has 0 atom stereocenters. The van der Waals surface area contributed by atoms with Crippen LogP contribution in [0.2, 0.25) is 0 Å². The van der Waals surface area contributed by atoms with Crippen molar-refractivity contribution < 1.29 is 0 Å². The zero-order chi connectivity index (χ0) is 6.24. The van der Waals surface area contributed by atoms with Crippen LogP contribution >= 0.6 is 11.6 Å². The lowest BCUT2D eigenvalue weighted by atomic mass is 10.5. The third kappa shape index (κ3) is 5.15. The number of hydrogen-bond acceptors (Lipinski definition) is 0. The van der Waals surface area contributed by atoms with Crippen molar-refractivity contribution in [3.05, 3.63) is 12.7 Å². The van der Waals surface area contributed by atoms with Crippen molar-refractivity contribution in [1.82, 2.24) is 0 Å². The molecule has 0 bridgehead atoms. The van der Waals surface area contributed by atoms with E-state index in [1.165, 1.54) is 6.08 Å². The fourth-order valence-electron chi connectivity index (χ4n) is 0.165. The fraction of sp³-hybridized carbons (Fsp3) is 0.143. The van der Waals surface area contributed by atoms with Crippen LogP contribution in [0, 0.1) is 23.7 Å². The molecule has 0 aromatic heterocycles. The summed E-state index contributed by atoms with van der Waals surface area (Å²) in [5.74, 6) is 10.5. The molecule has 0 aromatic rings. The van der Waals surface area contributed by atoms with Gasteiger partial charge in [0.05, 0.1) is 5.88 Å². The summed E-state index contributed by atoms with van der Waals surface area (Å²) in [4.78, 5) is 0. The summed E-state index contributed by atoms with van der Waals surface area (Å²) in [6, 6.07) is 0. The Bertz CT molecular complexity index is 170. The Balaban J connectivity index is 3.56. The summed E-state index contributed by atoms with van der Waals surface area (Å²) >= 11 is 5.21. The van der Waals surface area contributed by atoms with E-state index in [9.17, 15) is 0 Å². The van der Waals surface area contributed by atoms with Gasteiger partial charge in [-0.1, -0.05) is 18.4 Å². The van der Waals surface area contributed by atoms with Crippen LogP contribution in [0.25, 0.3) is 0 Å². The largest absolute Gasteiger partial charge is 0.113 e. The highest BCUT2D eigenvalue weighted by atomic mass is 35.5. The van der Waals surface area contributed by atoms with Gasteiger partial charge in [-0.05, 0) is 17.9 Å². The molecule has 0 aliphatic rings. The van der Waals surface area contributed by atoms with Gasteiger partial charge in [-0.25, -0.2) is 0 Å². The van der Waals surface area contributed by atoms with E-state index in [4.69, 9.17) is 11.6 Å². The molecular formula is C7H5Cl. The van der Waals surface area contributed by atoms with Crippen molar-refractivity contribution in [3.63, 3.8) is 0 Å². The highest BCUT2D eigenvalue weighted by Crippen LogP contribution is 1.65. The Morgan fingerprint density at radius 3 is 2.75 bits per heavy atom. The maximum Gasteiger partial charge on any atom is 0.0845 e. The minimum Gasteiger partial charge on any atom is -0.113 e. The molecule has 0 aliphatic carbocycles. The van der Waals surface area contributed by atoms with Crippen LogP contribution < -0.4 is 0 Å². The smallest absolute Gasteiger partial charge is 0.0845 e. The molecule has 0 saturated heterocycles. The molecule has 0 nitrogen and oxygen atoms in total. The van der Waals surface area contributed by atoms with Crippen LogP contribution in [0.1, 0.15) is 0 Å². The summed E-state index contributed by atoms with van der Waals surface area (Å²) < 4.78 is 0. The van der Waals surface area contributed by atoms with Gasteiger partial charge in [0, 0.05) is 0 Å². The van der Waals surface area contributed by atoms with E-state index in [1.54, 1.807) is 0 Å². The van der Waals surface area contributed by atoms with Gasteiger partial charge in [0.1, 0.15) is 0 Å². The van der Waals surface area contributed by atoms with Crippen LogP contribution in [-0.2, 0) is 0 Å². The lowest BCUT2D eigenvalue weighted by Gasteiger charge is -1.58. The predicted octanol–water partition coefficient (Wildman–Crippen LogP) is 1.42.